The number of cyclic esters (lactones) is 1. The second kappa shape index (κ2) is 20.7. The minimum Gasteiger partial charge on any atom is -0.459 e. The number of esters is 1. The van der Waals surface area contributed by atoms with Gasteiger partial charge in [0.15, 0.2) is 18.7 Å². The SMILES string of the molecule is CC[C@H]1OC(=O)[C@H](C)[C@@H](O[C@H]2C[C@@](C)(OC)[C@](O)(CN3CCOCC3)[C@H](C)O2)[C@H](C)[C@@H](O[C@@H]2O[C@H](C)C[C@H]3[C@H]2O/C(=N\CC(F)(F)F)N3C)[C@](C)(O)C[C@@H](C)CN[C@H](C)[C@@H](O)[C@]1(C)O. The van der Waals surface area contributed by atoms with Gasteiger partial charge < -0.3 is 68.5 Å². The molecule has 0 unspecified atom stereocenters. The molecule has 0 radical (unpaired) electrons. The number of alkyl halides is 3. The quantitative estimate of drug-likeness (QED) is 0.211. The third-order valence-corrected chi connectivity index (χ3v) is 14.5. The summed E-state index contributed by atoms with van der Waals surface area (Å²) in [6.07, 6.45) is -13.3. The monoisotopic (exact) mass is 927 g/mol. The van der Waals surface area contributed by atoms with Crippen LogP contribution in [-0.4, -0.2) is 198 Å². The number of aliphatic hydroxyl groups is 4. The Morgan fingerprint density at radius 2 is 1.62 bits per heavy atom. The van der Waals surface area contributed by atoms with Crippen molar-refractivity contribution in [2.24, 2.45) is 22.7 Å². The van der Waals surface area contributed by atoms with Crippen LogP contribution in [-0.2, 0) is 42.7 Å². The van der Waals surface area contributed by atoms with E-state index in [1.807, 2.05) is 13.8 Å². The molecule has 372 valence electrons. The molecule has 5 saturated heterocycles. The Hall–Kier alpha value is -1.95. The van der Waals surface area contributed by atoms with Gasteiger partial charge in [-0.3, -0.25) is 9.69 Å². The topological polar surface area (TPSA) is 203 Å². The highest BCUT2D eigenvalue weighted by molar-refractivity contribution is 5.76. The standard InChI is InChI=1S/C44H77F3N4O13/c1-13-31-42(10,55)35(52)28(6)48-21-24(2)19-40(8,54)36(64-38-34-30(18-25(3)59-38)50(11)39(63-34)49-22-44(45,46)47)26(4)33(27(5)37(53)61-31)62-32-20-41(9,57-12)43(56,29(7)60-32)23-51-14-16-58-17-15-51/h24-36,38,48,52,54-56H,13-23H2,1-12H3/b49-39-/t24-,25-,26+,27-,28-,29+,30+,31-,32+,33+,34-,35-,36-,38+,40-,41-,42-,43+/m1/s1. The maximum absolute atomic E-state index is 14.5. The van der Waals surface area contributed by atoms with Gasteiger partial charge in [0.1, 0.15) is 35.6 Å². The van der Waals surface area contributed by atoms with E-state index in [0.29, 0.717) is 39.3 Å². The number of nitrogens with zero attached hydrogens (tertiary/aromatic N) is 3. The van der Waals surface area contributed by atoms with Crippen molar-refractivity contribution < 1.29 is 76.3 Å². The fraction of sp³-hybridized carbons (Fsp3) is 0.955. The van der Waals surface area contributed by atoms with Crippen molar-refractivity contribution in [3.05, 3.63) is 0 Å². The summed E-state index contributed by atoms with van der Waals surface area (Å²) in [5.41, 5.74) is -6.31. The first-order valence-electron chi connectivity index (χ1n) is 22.9. The summed E-state index contributed by atoms with van der Waals surface area (Å²) in [5, 5.41) is 51.6. The molecule has 18 atom stereocenters. The van der Waals surface area contributed by atoms with E-state index in [0.717, 1.165) is 0 Å². The number of nitrogens with one attached hydrogen (secondary N) is 1. The average molecular weight is 927 g/mol. The van der Waals surface area contributed by atoms with Crippen LogP contribution in [0.25, 0.3) is 0 Å². The van der Waals surface area contributed by atoms with Crippen molar-refractivity contribution >= 4 is 12.0 Å². The normalized spacial score (nSPS) is 46.8. The lowest BCUT2D eigenvalue weighted by Crippen LogP contribution is -2.70. The lowest BCUT2D eigenvalue weighted by atomic mass is 9.74. The molecule has 5 aliphatic rings. The van der Waals surface area contributed by atoms with E-state index in [4.69, 9.17) is 37.9 Å². The Balaban J connectivity index is 1.56. The van der Waals surface area contributed by atoms with Crippen molar-refractivity contribution in [2.75, 3.05) is 60.1 Å². The number of carbonyl (C=O) groups excluding carboxylic acids is 1. The summed E-state index contributed by atoms with van der Waals surface area (Å²) < 4.78 is 90.3. The Labute approximate surface area is 376 Å². The third kappa shape index (κ3) is 11.7. The van der Waals surface area contributed by atoms with Crippen LogP contribution in [0.3, 0.4) is 0 Å². The van der Waals surface area contributed by atoms with Crippen LogP contribution in [0.2, 0.25) is 0 Å². The van der Waals surface area contributed by atoms with Gasteiger partial charge in [0.05, 0.1) is 55.2 Å². The van der Waals surface area contributed by atoms with E-state index in [-0.39, 0.29) is 37.7 Å². The minimum absolute atomic E-state index is 0.0217. The minimum atomic E-state index is -4.56. The number of amidine groups is 1. The first kappa shape index (κ1) is 53.0. The molecule has 17 nitrogen and oxygen atoms in total. The van der Waals surface area contributed by atoms with E-state index in [1.165, 1.54) is 14.0 Å². The molecule has 0 saturated carbocycles. The van der Waals surface area contributed by atoms with Crippen LogP contribution in [0.15, 0.2) is 4.99 Å². The predicted octanol–water partition coefficient (Wildman–Crippen LogP) is 2.59. The summed E-state index contributed by atoms with van der Waals surface area (Å²) in [7, 11) is 3.11. The molecule has 0 aromatic heterocycles. The second-order valence-corrected chi connectivity index (χ2v) is 19.9. The molecule has 64 heavy (non-hydrogen) atoms. The highest BCUT2D eigenvalue weighted by Gasteiger charge is 2.59. The highest BCUT2D eigenvalue weighted by atomic mass is 19.4. The highest BCUT2D eigenvalue weighted by Crippen LogP contribution is 2.44. The summed E-state index contributed by atoms with van der Waals surface area (Å²) in [5.74, 6) is -3.06. The molecule has 0 spiro atoms. The number of halogens is 3. The number of rotatable bonds is 9. The predicted molar refractivity (Wildman–Crippen MR) is 227 cm³/mol. The van der Waals surface area contributed by atoms with Gasteiger partial charge in [-0.15, -0.1) is 0 Å². The Morgan fingerprint density at radius 1 is 0.969 bits per heavy atom. The van der Waals surface area contributed by atoms with Crippen molar-refractivity contribution in [1.82, 2.24) is 15.1 Å². The number of aliphatic imine (C=N–C) groups is 1. The summed E-state index contributed by atoms with van der Waals surface area (Å²) in [6, 6.07) is -1.37. The molecule has 0 aromatic rings. The van der Waals surface area contributed by atoms with E-state index < -0.39 is 120 Å². The molecule has 0 aromatic carbocycles. The van der Waals surface area contributed by atoms with Gasteiger partial charge in [0.2, 0.25) is 0 Å². The Bertz CT molecular complexity index is 1570. The number of methoxy groups -OCH3 is 1. The molecule has 5 rings (SSSR count). The number of morpholine rings is 1. The average Bonchev–Trinajstić information content (AvgIpc) is 3.54. The Kier molecular flexibility index (Phi) is 17.2. The fourth-order valence-corrected chi connectivity index (χ4v) is 10.5. The number of hydrogen-bond acceptors (Lipinski definition) is 16. The van der Waals surface area contributed by atoms with Gasteiger partial charge in [0.25, 0.3) is 6.02 Å². The van der Waals surface area contributed by atoms with E-state index >= 15 is 0 Å². The summed E-state index contributed by atoms with van der Waals surface area (Å²) >= 11 is 0. The molecule has 5 N–H and O–H groups in total. The number of hydrogen-bond donors (Lipinski definition) is 5. The number of aliphatic hydroxyl groups excluding tert-OH is 1. The maximum Gasteiger partial charge on any atom is 0.408 e. The molecule has 5 aliphatic heterocycles. The van der Waals surface area contributed by atoms with Crippen LogP contribution in [0.4, 0.5) is 13.2 Å². The lowest BCUT2D eigenvalue weighted by Gasteiger charge is -2.55. The number of carbonyl (C=O) groups is 1. The molecule has 0 amide bonds. The van der Waals surface area contributed by atoms with Crippen LogP contribution in [0, 0.1) is 17.8 Å². The number of β-amino-alcohol motifs (C(OH)–C–C–N with tert-alkyl or cyclic N) is 1. The molecule has 0 aliphatic carbocycles. The molecular formula is C44H77F3N4O13. The van der Waals surface area contributed by atoms with Gasteiger partial charge in [0, 0.05) is 52.2 Å². The van der Waals surface area contributed by atoms with Crippen molar-refractivity contribution in [2.45, 2.75) is 191 Å². The molecule has 20 heteroatoms. The molecule has 5 heterocycles. The first-order valence-corrected chi connectivity index (χ1v) is 22.9. The van der Waals surface area contributed by atoms with Crippen molar-refractivity contribution in [3.63, 3.8) is 0 Å². The number of likely N-dealkylation sites (N-methyl/N-ethyl adjacent to an activating group) is 1. The smallest absolute Gasteiger partial charge is 0.408 e. The third-order valence-electron chi connectivity index (χ3n) is 14.5. The largest absolute Gasteiger partial charge is 0.459 e. The van der Waals surface area contributed by atoms with Crippen molar-refractivity contribution in [1.29, 1.82) is 0 Å². The van der Waals surface area contributed by atoms with Gasteiger partial charge in [-0.2, -0.15) is 13.2 Å². The van der Waals surface area contributed by atoms with Crippen LogP contribution in [0.1, 0.15) is 94.9 Å². The van der Waals surface area contributed by atoms with Crippen LogP contribution < -0.4 is 5.32 Å². The van der Waals surface area contributed by atoms with E-state index in [2.05, 4.69) is 15.2 Å². The number of fused-ring (bicyclic) bond motifs is 1. The van der Waals surface area contributed by atoms with Crippen LogP contribution in [0.5, 0.6) is 0 Å². The van der Waals surface area contributed by atoms with Crippen molar-refractivity contribution in [3.8, 4) is 0 Å². The van der Waals surface area contributed by atoms with Gasteiger partial charge in [-0.1, -0.05) is 20.8 Å². The molecule has 0 bridgehead atoms. The number of ether oxygens (including phenoxy) is 8. The van der Waals surface area contributed by atoms with Gasteiger partial charge >= 0.3 is 12.1 Å². The first-order chi connectivity index (χ1) is 29.7. The zero-order valence-corrected chi connectivity index (χ0v) is 39.8. The second-order valence-electron chi connectivity index (χ2n) is 19.9. The maximum atomic E-state index is 14.5. The van der Waals surface area contributed by atoms with Gasteiger partial charge in [-0.25, -0.2) is 4.99 Å². The summed E-state index contributed by atoms with van der Waals surface area (Å²) in [6.45, 7) is 18.4. The lowest BCUT2D eigenvalue weighted by molar-refractivity contribution is -0.338. The molecular weight excluding hydrogens is 849 g/mol. The fourth-order valence-electron chi connectivity index (χ4n) is 10.5. The molecule has 5 fully saturated rings. The zero-order valence-electron chi connectivity index (χ0n) is 39.8. The van der Waals surface area contributed by atoms with Gasteiger partial charge in [-0.05, 0) is 80.2 Å². The van der Waals surface area contributed by atoms with Crippen LogP contribution >= 0.6 is 0 Å². The zero-order chi connectivity index (χ0) is 47.7. The Morgan fingerprint density at radius 3 is 2.23 bits per heavy atom. The van der Waals surface area contributed by atoms with E-state index in [1.54, 1.807) is 60.4 Å². The van der Waals surface area contributed by atoms with E-state index in [9.17, 15) is 38.4 Å². The summed E-state index contributed by atoms with van der Waals surface area (Å²) in [4.78, 5) is 21.9.